The summed E-state index contributed by atoms with van der Waals surface area (Å²) in [6.45, 7) is 5.57. The number of benzene rings is 2. The number of ether oxygens (including phenoxy) is 1. The molecular formula is C22H23FNO4+. The van der Waals surface area contributed by atoms with Crippen molar-refractivity contribution in [3.63, 3.8) is 0 Å². The topological polar surface area (TPSA) is 84.1 Å². The van der Waals surface area contributed by atoms with E-state index in [1.165, 1.54) is 18.2 Å². The van der Waals surface area contributed by atoms with Crippen LogP contribution >= 0.6 is 0 Å². The Kier molecular flexibility index (Phi) is 5.61. The van der Waals surface area contributed by atoms with Crippen molar-refractivity contribution in [3.05, 3.63) is 64.3 Å². The number of carbonyl (C=O) groups is 1. The van der Waals surface area contributed by atoms with Gasteiger partial charge in [0.25, 0.3) is 0 Å². The Labute approximate surface area is 161 Å². The van der Waals surface area contributed by atoms with Crippen molar-refractivity contribution >= 4 is 16.9 Å². The van der Waals surface area contributed by atoms with Crippen LogP contribution in [-0.4, -0.2) is 12.0 Å². The number of fused-ring (bicyclic) bond motifs is 1. The summed E-state index contributed by atoms with van der Waals surface area (Å²) in [5, 5.41) is 0.331. The van der Waals surface area contributed by atoms with Gasteiger partial charge in [0.05, 0.1) is 10.9 Å². The lowest BCUT2D eigenvalue weighted by Gasteiger charge is -2.14. The third-order valence-electron chi connectivity index (χ3n) is 5.01. The standard InChI is InChI=1S/C22H22FNO4/c1-4-12(2)20(24)22(26)28-16-8-9-17-18(11-16)27-13(3)19(21(17)25)14-6-5-7-15(23)10-14/h5-12,20H,4,24H2,1-3H3/p+1/t12-,20-/m1/s1. The van der Waals surface area contributed by atoms with Gasteiger partial charge in [-0.25, -0.2) is 9.18 Å². The van der Waals surface area contributed by atoms with Crippen LogP contribution in [-0.2, 0) is 4.79 Å². The lowest BCUT2D eigenvalue weighted by Crippen LogP contribution is -2.68. The van der Waals surface area contributed by atoms with E-state index >= 15 is 0 Å². The van der Waals surface area contributed by atoms with Crippen LogP contribution in [0.5, 0.6) is 5.75 Å². The highest BCUT2D eigenvalue weighted by Crippen LogP contribution is 2.27. The summed E-state index contributed by atoms with van der Waals surface area (Å²) in [4.78, 5) is 25.2. The molecule has 0 aliphatic carbocycles. The maximum absolute atomic E-state index is 13.6. The first-order valence-corrected chi connectivity index (χ1v) is 9.20. The minimum absolute atomic E-state index is 0.0990. The van der Waals surface area contributed by atoms with Crippen molar-refractivity contribution in [2.75, 3.05) is 0 Å². The minimum atomic E-state index is -0.482. The molecule has 0 aliphatic rings. The van der Waals surface area contributed by atoms with Crippen molar-refractivity contribution in [1.82, 2.24) is 0 Å². The van der Waals surface area contributed by atoms with E-state index in [9.17, 15) is 14.0 Å². The molecule has 0 bridgehead atoms. The molecule has 0 saturated carbocycles. The fourth-order valence-corrected chi connectivity index (χ4v) is 3.04. The van der Waals surface area contributed by atoms with Gasteiger partial charge in [0.2, 0.25) is 5.43 Å². The smallest absolute Gasteiger partial charge is 0.370 e. The summed E-state index contributed by atoms with van der Waals surface area (Å²) in [5.41, 5.74) is 4.67. The second-order valence-corrected chi connectivity index (χ2v) is 6.94. The van der Waals surface area contributed by atoms with E-state index in [0.717, 1.165) is 6.42 Å². The molecule has 0 aliphatic heterocycles. The van der Waals surface area contributed by atoms with Crippen molar-refractivity contribution < 1.29 is 24.1 Å². The molecule has 3 N–H and O–H groups in total. The summed E-state index contributed by atoms with van der Waals surface area (Å²) in [5.74, 6) is -0.106. The van der Waals surface area contributed by atoms with E-state index in [2.05, 4.69) is 5.73 Å². The normalized spacial score (nSPS) is 13.3. The monoisotopic (exact) mass is 384 g/mol. The van der Waals surface area contributed by atoms with Gasteiger partial charge in [-0.1, -0.05) is 26.0 Å². The second kappa shape index (κ2) is 7.94. The maximum atomic E-state index is 13.6. The number of carbonyl (C=O) groups excluding carboxylic acids is 1. The summed E-state index contributed by atoms with van der Waals surface area (Å²) in [7, 11) is 0. The van der Waals surface area contributed by atoms with E-state index in [4.69, 9.17) is 9.15 Å². The van der Waals surface area contributed by atoms with E-state index in [0.29, 0.717) is 27.9 Å². The van der Waals surface area contributed by atoms with Crippen LogP contribution in [0, 0.1) is 18.7 Å². The first-order chi connectivity index (χ1) is 13.3. The van der Waals surface area contributed by atoms with Gasteiger partial charge in [-0.05, 0) is 43.2 Å². The summed E-state index contributed by atoms with van der Waals surface area (Å²) < 4.78 is 24.8. The van der Waals surface area contributed by atoms with Crippen LogP contribution in [0.15, 0.2) is 51.7 Å². The number of aryl methyl sites for hydroxylation is 1. The third-order valence-corrected chi connectivity index (χ3v) is 5.01. The largest absolute Gasteiger partial charge is 0.460 e. The van der Waals surface area contributed by atoms with E-state index in [1.54, 1.807) is 31.2 Å². The third kappa shape index (κ3) is 3.82. The minimum Gasteiger partial charge on any atom is -0.460 e. The highest BCUT2D eigenvalue weighted by molar-refractivity contribution is 5.85. The summed E-state index contributed by atoms with van der Waals surface area (Å²) in [6, 6.07) is 9.95. The summed E-state index contributed by atoms with van der Waals surface area (Å²) >= 11 is 0. The molecule has 3 rings (SSSR count). The first-order valence-electron chi connectivity index (χ1n) is 9.20. The van der Waals surface area contributed by atoms with Gasteiger partial charge in [-0.2, -0.15) is 0 Å². The quantitative estimate of drug-likeness (QED) is 0.539. The lowest BCUT2D eigenvalue weighted by molar-refractivity contribution is -0.418. The Morgan fingerprint density at radius 3 is 2.68 bits per heavy atom. The average Bonchev–Trinajstić information content (AvgIpc) is 2.66. The molecule has 1 heterocycles. The van der Waals surface area contributed by atoms with Crippen LogP contribution in [0.25, 0.3) is 22.1 Å². The molecule has 3 aromatic rings. The molecule has 2 aromatic carbocycles. The molecule has 0 unspecified atom stereocenters. The zero-order valence-corrected chi connectivity index (χ0v) is 16.1. The molecule has 0 fully saturated rings. The Balaban J connectivity index is 1.99. The van der Waals surface area contributed by atoms with Crippen molar-refractivity contribution in [2.24, 2.45) is 5.92 Å². The van der Waals surface area contributed by atoms with Crippen LogP contribution < -0.4 is 15.9 Å². The Bertz CT molecular complexity index is 1090. The van der Waals surface area contributed by atoms with Gasteiger partial charge in [0.1, 0.15) is 22.9 Å². The Morgan fingerprint density at radius 2 is 2.00 bits per heavy atom. The lowest BCUT2D eigenvalue weighted by atomic mass is 10.0. The number of hydrogen-bond donors (Lipinski definition) is 1. The van der Waals surface area contributed by atoms with Crippen LogP contribution in [0.1, 0.15) is 26.0 Å². The Hall–Kier alpha value is -2.99. The van der Waals surface area contributed by atoms with E-state index in [1.807, 2.05) is 13.8 Å². The first kappa shape index (κ1) is 19.8. The molecule has 0 spiro atoms. The van der Waals surface area contributed by atoms with Gasteiger partial charge in [0, 0.05) is 12.0 Å². The maximum Gasteiger partial charge on any atom is 0.370 e. The zero-order valence-electron chi connectivity index (χ0n) is 16.1. The van der Waals surface area contributed by atoms with Crippen molar-refractivity contribution in [1.29, 1.82) is 0 Å². The molecular weight excluding hydrogens is 361 g/mol. The SMILES string of the molecule is CC[C@@H](C)[C@@H]([NH3+])C(=O)Oc1ccc2c(=O)c(-c3cccc(F)c3)c(C)oc2c1. The van der Waals surface area contributed by atoms with E-state index < -0.39 is 17.8 Å². The van der Waals surface area contributed by atoms with Crippen LogP contribution in [0.3, 0.4) is 0 Å². The molecule has 2 atom stereocenters. The van der Waals surface area contributed by atoms with Crippen LogP contribution in [0.2, 0.25) is 0 Å². The van der Waals surface area contributed by atoms with Gasteiger partial charge in [-0.15, -0.1) is 0 Å². The number of hydrogen-bond acceptors (Lipinski definition) is 4. The highest BCUT2D eigenvalue weighted by atomic mass is 19.1. The fourth-order valence-electron chi connectivity index (χ4n) is 3.04. The number of quaternary nitrogens is 1. The highest BCUT2D eigenvalue weighted by Gasteiger charge is 2.25. The molecule has 0 saturated heterocycles. The number of esters is 1. The van der Waals surface area contributed by atoms with Crippen molar-refractivity contribution in [3.8, 4) is 16.9 Å². The second-order valence-electron chi connectivity index (χ2n) is 6.94. The molecule has 28 heavy (non-hydrogen) atoms. The fraction of sp³-hybridized carbons (Fsp3) is 0.273. The molecule has 0 radical (unpaired) electrons. The van der Waals surface area contributed by atoms with Gasteiger partial charge >= 0.3 is 5.97 Å². The van der Waals surface area contributed by atoms with E-state index in [-0.39, 0.29) is 17.1 Å². The molecule has 1 aromatic heterocycles. The summed E-state index contributed by atoms with van der Waals surface area (Å²) in [6.07, 6.45) is 0.817. The number of halogens is 1. The molecule has 146 valence electrons. The van der Waals surface area contributed by atoms with Gasteiger partial charge < -0.3 is 14.9 Å². The zero-order chi connectivity index (χ0) is 20.4. The predicted molar refractivity (Wildman–Crippen MR) is 104 cm³/mol. The van der Waals surface area contributed by atoms with Gasteiger partial charge in [0.15, 0.2) is 6.04 Å². The predicted octanol–water partition coefficient (Wildman–Crippen LogP) is 3.47. The molecule has 5 nitrogen and oxygen atoms in total. The molecule has 0 amide bonds. The average molecular weight is 384 g/mol. The van der Waals surface area contributed by atoms with Crippen molar-refractivity contribution in [2.45, 2.75) is 33.2 Å². The van der Waals surface area contributed by atoms with Crippen LogP contribution in [0.4, 0.5) is 4.39 Å². The van der Waals surface area contributed by atoms with Gasteiger partial charge in [-0.3, -0.25) is 4.79 Å². The number of rotatable bonds is 5. The molecule has 6 heteroatoms. The Morgan fingerprint density at radius 1 is 1.25 bits per heavy atom.